The van der Waals surface area contributed by atoms with Gasteiger partial charge in [0.2, 0.25) is 0 Å². The number of benzene rings is 1. The van der Waals surface area contributed by atoms with Crippen LogP contribution >= 0.6 is 0 Å². The molecule has 2 saturated heterocycles. The maximum atomic E-state index is 15.0. The van der Waals surface area contributed by atoms with Crippen molar-refractivity contribution in [2.45, 2.75) is 64.8 Å². The number of amides is 3. The third-order valence-corrected chi connectivity index (χ3v) is 7.85. The second-order valence-corrected chi connectivity index (χ2v) is 10.5. The Balaban J connectivity index is 1.45. The van der Waals surface area contributed by atoms with E-state index in [1.54, 1.807) is 13.0 Å². The predicted octanol–water partition coefficient (Wildman–Crippen LogP) is 3.50. The second-order valence-electron chi connectivity index (χ2n) is 10.5. The molecule has 39 heavy (non-hydrogen) atoms. The number of rotatable bonds is 5. The number of fused-ring (bicyclic) bond motifs is 1. The lowest BCUT2D eigenvalue weighted by Crippen LogP contribution is -2.49. The summed E-state index contributed by atoms with van der Waals surface area (Å²) in [6.45, 7) is 10.00. The minimum atomic E-state index is -0.871. The molecule has 3 aliphatic rings. The maximum absolute atomic E-state index is 15.0. The molecule has 0 aliphatic carbocycles. The Hall–Kier alpha value is -3.51. The van der Waals surface area contributed by atoms with Gasteiger partial charge in [0.1, 0.15) is 11.6 Å². The molecule has 1 aromatic heterocycles. The normalized spacial score (nSPS) is 23.4. The first-order valence-corrected chi connectivity index (χ1v) is 13.6. The lowest BCUT2D eigenvalue weighted by Gasteiger charge is -2.39. The summed E-state index contributed by atoms with van der Waals surface area (Å²) in [5, 5.41) is 14.6. The van der Waals surface area contributed by atoms with E-state index in [1.165, 1.54) is 17.0 Å². The average molecular weight is 542 g/mol. The van der Waals surface area contributed by atoms with Crippen molar-refractivity contribution in [2.75, 3.05) is 43.1 Å². The summed E-state index contributed by atoms with van der Waals surface area (Å²) >= 11 is 0. The summed E-state index contributed by atoms with van der Waals surface area (Å²) in [4.78, 5) is 39.4. The summed E-state index contributed by atoms with van der Waals surface area (Å²) in [6.07, 6.45) is 0.651. The molecule has 5 rings (SSSR count). The number of carbonyl (C=O) groups excluding carboxylic acids is 1. The summed E-state index contributed by atoms with van der Waals surface area (Å²) in [6, 6.07) is 4.43. The first-order chi connectivity index (χ1) is 18.7. The van der Waals surface area contributed by atoms with Crippen LogP contribution in [-0.2, 0) is 17.8 Å². The van der Waals surface area contributed by atoms with Crippen LogP contribution in [0, 0.1) is 5.82 Å². The Bertz CT molecular complexity index is 1240. The minimum absolute atomic E-state index is 0.0557. The van der Waals surface area contributed by atoms with E-state index in [0.29, 0.717) is 57.3 Å². The lowest BCUT2D eigenvalue weighted by molar-refractivity contribution is 0.0655. The summed E-state index contributed by atoms with van der Waals surface area (Å²) in [7, 11) is 0. The Kier molecular flexibility index (Phi) is 7.85. The van der Waals surface area contributed by atoms with Crippen LogP contribution < -0.4 is 15.5 Å². The molecule has 3 amide bonds. The monoisotopic (exact) mass is 541 g/mol. The molecule has 3 N–H and O–H groups in total. The van der Waals surface area contributed by atoms with Gasteiger partial charge in [-0.25, -0.2) is 23.9 Å². The molecule has 3 unspecified atom stereocenters. The standard InChI is InChI=1S/C27H36FN7O4/c1-4-29-26(36)31-22-6-5-18(12-21(22)28)24-30-23-14-33(19-7-8-35(27(37)38)16(2)11-19)13-20(23)25(32-24)34-9-10-39-15-17(34)3/h5-6,12,16-17,19H,4,7-11,13-15H2,1-3H3,(H,37,38)(H2,29,31,36). The number of ether oxygens (including phenoxy) is 1. The number of morpholine rings is 1. The van der Waals surface area contributed by atoms with Gasteiger partial charge in [0.15, 0.2) is 5.82 Å². The molecular weight excluding hydrogens is 505 g/mol. The number of nitrogens with zero attached hydrogens (tertiary/aromatic N) is 5. The number of anilines is 2. The van der Waals surface area contributed by atoms with E-state index < -0.39 is 17.9 Å². The molecule has 11 nitrogen and oxygen atoms in total. The first kappa shape index (κ1) is 27.1. The second kappa shape index (κ2) is 11.3. The Labute approximate surface area is 227 Å². The summed E-state index contributed by atoms with van der Waals surface area (Å²) < 4.78 is 20.6. The molecule has 2 aromatic rings. The van der Waals surface area contributed by atoms with Crippen molar-refractivity contribution in [2.24, 2.45) is 0 Å². The first-order valence-electron chi connectivity index (χ1n) is 13.6. The molecule has 12 heteroatoms. The van der Waals surface area contributed by atoms with Gasteiger partial charge in [-0.1, -0.05) is 0 Å². The third kappa shape index (κ3) is 5.62. The van der Waals surface area contributed by atoms with E-state index in [2.05, 4.69) is 27.4 Å². The van der Waals surface area contributed by atoms with Crippen LogP contribution in [0.5, 0.6) is 0 Å². The van der Waals surface area contributed by atoms with E-state index in [4.69, 9.17) is 14.7 Å². The highest BCUT2D eigenvalue weighted by atomic mass is 19.1. The zero-order valence-electron chi connectivity index (χ0n) is 22.6. The van der Waals surface area contributed by atoms with Gasteiger partial charge in [-0.2, -0.15) is 0 Å². The molecule has 0 spiro atoms. The number of likely N-dealkylation sites (tertiary alicyclic amines) is 1. The van der Waals surface area contributed by atoms with E-state index >= 15 is 0 Å². The van der Waals surface area contributed by atoms with Crippen LogP contribution in [0.25, 0.3) is 11.4 Å². The fraction of sp³-hybridized carbons (Fsp3) is 0.556. The number of nitrogens with one attached hydrogen (secondary N) is 2. The molecule has 0 saturated carbocycles. The molecule has 2 fully saturated rings. The zero-order chi connectivity index (χ0) is 27.7. The summed E-state index contributed by atoms with van der Waals surface area (Å²) in [5.74, 6) is 0.709. The van der Waals surface area contributed by atoms with E-state index in [-0.39, 0.29) is 23.8 Å². The van der Waals surface area contributed by atoms with Crippen LogP contribution in [0.3, 0.4) is 0 Å². The maximum Gasteiger partial charge on any atom is 0.407 e. The number of hydrogen-bond donors (Lipinski definition) is 3. The van der Waals surface area contributed by atoms with Gasteiger partial charge in [0.05, 0.1) is 30.6 Å². The fourth-order valence-electron chi connectivity index (χ4n) is 5.77. The molecule has 0 bridgehead atoms. The molecule has 1 aromatic carbocycles. The van der Waals surface area contributed by atoms with Gasteiger partial charge in [0, 0.05) is 55.9 Å². The number of hydrogen-bond acceptors (Lipinski definition) is 7. The number of piperidine rings is 1. The topological polar surface area (TPSA) is 123 Å². The number of halogens is 1. The fourth-order valence-corrected chi connectivity index (χ4v) is 5.77. The quantitative estimate of drug-likeness (QED) is 0.526. The molecular formula is C27H36FN7O4. The van der Waals surface area contributed by atoms with Crippen LogP contribution in [-0.4, -0.2) is 88.0 Å². The number of aromatic nitrogens is 2. The predicted molar refractivity (Wildman–Crippen MR) is 144 cm³/mol. The number of carboxylic acid groups (broad SMARTS) is 1. The van der Waals surface area contributed by atoms with E-state index in [0.717, 1.165) is 29.9 Å². The van der Waals surface area contributed by atoms with Crippen molar-refractivity contribution in [1.29, 1.82) is 0 Å². The van der Waals surface area contributed by atoms with Gasteiger partial charge >= 0.3 is 12.1 Å². The smallest absolute Gasteiger partial charge is 0.407 e. The van der Waals surface area contributed by atoms with Gasteiger partial charge in [-0.15, -0.1) is 0 Å². The summed E-state index contributed by atoms with van der Waals surface area (Å²) in [5.41, 5.74) is 2.59. The van der Waals surface area contributed by atoms with Gasteiger partial charge < -0.3 is 30.3 Å². The molecule has 210 valence electrons. The largest absolute Gasteiger partial charge is 0.465 e. The highest BCUT2D eigenvalue weighted by molar-refractivity contribution is 5.89. The van der Waals surface area contributed by atoms with Crippen molar-refractivity contribution < 1.29 is 23.8 Å². The van der Waals surface area contributed by atoms with Crippen molar-refractivity contribution in [3.05, 3.63) is 35.3 Å². The Morgan fingerprint density at radius 3 is 2.69 bits per heavy atom. The highest BCUT2D eigenvalue weighted by Gasteiger charge is 2.37. The van der Waals surface area contributed by atoms with Crippen LogP contribution in [0.2, 0.25) is 0 Å². The van der Waals surface area contributed by atoms with E-state index in [1.807, 2.05) is 6.92 Å². The lowest BCUT2D eigenvalue weighted by atomic mass is 9.97. The van der Waals surface area contributed by atoms with Crippen molar-refractivity contribution >= 4 is 23.6 Å². The van der Waals surface area contributed by atoms with Gasteiger partial charge in [0.25, 0.3) is 0 Å². The zero-order valence-corrected chi connectivity index (χ0v) is 22.6. The van der Waals surface area contributed by atoms with Gasteiger partial charge in [-0.05, 0) is 51.8 Å². The van der Waals surface area contributed by atoms with Crippen LogP contribution in [0.4, 0.5) is 25.5 Å². The van der Waals surface area contributed by atoms with Crippen LogP contribution in [0.15, 0.2) is 18.2 Å². The third-order valence-electron chi connectivity index (χ3n) is 7.85. The van der Waals surface area contributed by atoms with Crippen molar-refractivity contribution in [3.63, 3.8) is 0 Å². The molecule has 0 radical (unpaired) electrons. The number of carbonyl (C=O) groups is 2. The van der Waals surface area contributed by atoms with Crippen molar-refractivity contribution in [3.8, 4) is 11.4 Å². The average Bonchev–Trinajstić information content (AvgIpc) is 3.34. The molecule has 3 atom stereocenters. The Morgan fingerprint density at radius 1 is 1.18 bits per heavy atom. The van der Waals surface area contributed by atoms with Gasteiger partial charge in [-0.3, -0.25) is 4.90 Å². The van der Waals surface area contributed by atoms with E-state index in [9.17, 15) is 19.1 Å². The minimum Gasteiger partial charge on any atom is -0.465 e. The number of urea groups is 1. The SMILES string of the molecule is CCNC(=O)Nc1ccc(-c2nc3c(c(N4CCOCC4C)n2)CN(C2CCN(C(=O)O)C(C)C2)C3)cc1F. The molecule has 4 heterocycles. The van der Waals surface area contributed by atoms with Crippen molar-refractivity contribution in [1.82, 2.24) is 25.1 Å². The Morgan fingerprint density at radius 2 is 2.00 bits per heavy atom. The van der Waals surface area contributed by atoms with Crippen LogP contribution in [0.1, 0.15) is 44.9 Å². The highest BCUT2D eigenvalue weighted by Crippen LogP contribution is 2.36. The molecule has 3 aliphatic heterocycles.